The third-order valence-electron chi connectivity index (χ3n) is 3.32. The summed E-state index contributed by atoms with van der Waals surface area (Å²) in [5.41, 5.74) is 5.97. The summed E-state index contributed by atoms with van der Waals surface area (Å²) in [6.45, 7) is 1.88. The summed E-state index contributed by atoms with van der Waals surface area (Å²) < 4.78 is 44.3. The predicted octanol–water partition coefficient (Wildman–Crippen LogP) is 0.885. The van der Waals surface area contributed by atoms with Crippen LogP contribution < -0.4 is 21.7 Å². The molecule has 1 aromatic heterocycles. The average molecular weight is 493 g/mol. The highest BCUT2D eigenvalue weighted by Crippen LogP contribution is 2.21. The molecule has 0 saturated heterocycles. The Balaban J connectivity index is 1.98. The van der Waals surface area contributed by atoms with E-state index in [0.717, 1.165) is 0 Å². The van der Waals surface area contributed by atoms with Crippen LogP contribution in [0.1, 0.15) is 12.6 Å². The predicted molar refractivity (Wildman–Crippen MR) is 108 cm³/mol. The number of guanidine groups is 1. The van der Waals surface area contributed by atoms with E-state index in [2.05, 4.69) is 56.4 Å². The van der Waals surface area contributed by atoms with Crippen molar-refractivity contribution in [3.05, 3.63) is 34.2 Å². The molecule has 0 atom stereocenters. The van der Waals surface area contributed by atoms with E-state index in [0.29, 0.717) is 5.69 Å². The summed E-state index contributed by atoms with van der Waals surface area (Å²) in [4.78, 5) is 0. The summed E-state index contributed by atoms with van der Waals surface area (Å²) in [6, 6.07) is 4.10. The fourth-order valence-corrected chi connectivity index (χ4v) is 2.79. The first-order chi connectivity index (χ1) is 13.8. The highest BCUT2D eigenvalue weighted by molar-refractivity contribution is 9.10. The molecule has 0 aliphatic carbocycles. The molecule has 0 amide bonds. The normalized spacial score (nSPS) is 12.7. The minimum atomic E-state index is -3.59. The van der Waals surface area contributed by atoms with Crippen LogP contribution in [0.15, 0.2) is 36.9 Å². The van der Waals surface area contributed by atoms with Crippen LogP contribution >= 0.6 is 15.9 Å². The van der Waals surface area contributed by atoms with Crippen LogP contribution in [0, 0.1) is 5.82 Å². The first-order valence-electron chi connectivity index (χ1n) is 8.08. The van der Waals surface area contributed by atoms with Crippen molar-refractivity contribution < 1.29 is 22.6 Å². The minimum Gasteiger partial charge on any atom is -0.409 e. The Kier molecular flexibility index (Phi) is 7.72. The van der Waals surface area contributed by atoms with Gasteiger partial charge in [0.15, 0.2) is 5.69 Å². The molecule has 0 aliphatic rings. The molecule has 1 heterocycles. The van der Waals surface area contributed by atoms with E-state index >= 15 is 0 Å². The van der Waals surface area contributed by atoms with Crippen LogP contribution in [-0.4, -0.2) is 54.6 Å². The van der Waals surface area contributed by atoms with Crippen molar-refractivity contribution in [2.24, 2.45) is 15.3 Å². The number of aromatic nitrogens is 2. The molecule has 0 aliphatic heterocycles. The summed E-state index contributed by atoms with van der Waals surface area (Å²) >= 11 is 3.06. The van der Waals surface area contributed by atoms with Crippen LogP contribution in [0.2, 0.25) is 0 Å². The van der Waals surface area contributed by atoms with Crippen LogP contribution in [0.5, 0.6) is 0 Å². The van der Waals surface area contributed by atoms with E-state index < -0.39 is 15.8 Å². The van der Waals surface area contributed by atoms with E-state index in [1.165, 1.54) is 25.1 Å². The van der Waals surface area contributed by atoms with E-state index in [-0.39, 0.29) is 46.6 Å². The van der Waals surface area contributed by atoms with Crippen molar-refractivity contribution in [3.63, 3.8) is 0 Å². The van der Waals surface area contributed by atoms with E-state index in [4.69, 9.17) is 5.73 Å². The average Bonchev–Trinajstić information content (AvgIpc) is 3.14. The maximum atomic E-state index is 13.3. The van der Waals surface area contributed by atoms with Gasteiger partial charge in [-0.2, -0.15) is 0 Å². The van der Waals surface area contributed by atoms with Crippen LogP contribution in [-0.2, 0) is 10.0 Å². The van der Waals surface area contributed by atoms with Crippen molar-refractivity contribution in [2.45, 2.75) is 6.92 Å². The molecule has 6 N–H and O–H groups in total. The molecule has 15 heteroatoms. The second-order valence-electron chi connectivity index (χ2n) is 5.36. The molecule has 29 heavy (non-hydrogen) atoms. The van der Waals surface area contributed by atoms with Crippen LogP contribution in [0.3, 0.4) is 0 Å². The van der Waals surface area contributed by atoms with Gasteiger partial charge in [0.25, 0.3) is 10.0 Å². The number of hydrogen-bond acceptors (Lipinski definition) is 8. The van der Waals surface area contributed by atoms with Crippen molar-refractivity contribution in [2.75, 3.05) is 29.5 Å². The molecule has 0 bridgehead atoms. The van der Waals surface area contributed by atoms with Crippen molar-refractivity contribution in [1.82, 2.24) is 15.6 Å². The molecule has 0 fully saturated rings. The molecular weight excluding hydrogens is 475 g/mol. The Bertz CT molecular complexity index is 1010. The lowest BCUT2D eigenvalue weighted by Crippen LogP contribution is -2.36. The van der Waals surface area contributed by atoms with Crippen molar-refractivity contribution in [3.8, 4) is 0 Å². The first-order valence-corrected chi connectivity index (χ1v) is 10.5. The van der Waals surface area contributed by atoms with Gasteiger partial charge in [0.1, 0.15) is 5.82 Å². The second-order valence-corrected chi connectivity index (χ2v) is 8.14. The molecule has 0 radical (unpaired) electrons. The largest absolute Gasteiger partial charge is 0.409 e. The second kappa shape index (κ2) is 10.0. The zero-order valence-electron chi connectivity index (χ0n) is 15.1. The molecule has 0 saturated carbocycles. The standard InChI is InChI=1S/C14H18BrFN8O4S/c1-2-29(26,27)24-14(17)19-6-5-18-12-11(22-28-23-12)13(21-25)20-8-3-4-10(16)9(15)7-8/h3-4,7,25H,2,5-6H2,1H3,(H,18,23)(H,20,21)(H3,17,19,24). The van der Waals surface area contributed by atoms with Gasteiger partial charge in [-0.1, -0.05) is 5.16 Å². The number of rotatable bonds is 8. The maximum Gasteiger partial charge on any atom is 0.256 e. The zero-order valence-corrected chi connectivity index (χ0v) is 17.5. The Labute approximate surface area is 173 Å². The molecule has 0 spiro atoms. The van der Waals surface area contributed by atoms with E-state index in [1.807, 2.05) is 0 Å². The van der Waals surface area contributed by atoms with E-state index in [9.17, 15) is 18.0 Å². The van der Waals surface area contributed by atoms with Gasteiger partial charge in [-0.05, 0) is 51.4 Å². The third kappa shape index (κ3) is 6.56. The van der Waals surface area contributed by atoms with Gasteiger partial charge in [-0.3, -0.25) is 0 Å². The highest BCUT2D eigenvalue weighted by atomic mass is 79.9. The first kappa shape index (κ1) is 22.4. The Morgan fingerprint density at radius 3 is 2.79 bits per heavy atom. The van der Waals surface area contributed by atoms with Gasteiger partial charge < -0.3 is 26.9 Å². The molecule has 158 valence electrons. The van der Waals surface area contributed by atoms with Gasteiger partial charge in [-0.15, -0.1) is 4.40 Å². The number of nitrogens with one attached hydrogen (secondary N) is 3. The monoisotopic (exact) mass is 492 g/mol. The fourth-order valence-electron chi connectivity index (χ4n) is 1.92. The third-order valence-corrected chi connectivity index (χ3v) is 5.13. The summed E-state index contributed by atoms with van der Waals surface area (Å²) in [6.07, 6.45) is 0. The molecule has 12 nitrogen and oxygen atoms in total. The van der Waals surface area contributed by atoms with Gasteiger partial charge in [0.05, 0.1) is 10.2 Å². The summed E-state index contributed by atoms with van der Waals surface area (Å²) in [7, 11) is -3.59. The number of oxime groups is 1. The Morgan fingerprint density at radius 2 is 2.14 bits per heavy atom. The molecule has 1 aromatic carbocycles. The topological polar surface area (TPSA) is 180 Å². The van der Waals surface area contributed by atoms with Crippen LogP contribution in [0.4, 0.5) is 15.9 Å². The molecule has 0 unspecified atom stereocenters. The smallest absolute Gasteiger partial charge is 0.256 e. The minimum absolute atomic E-state index is 0.0585. The lowest BCUT2D eigenvalue weighted by atomic mass is 10.3. The highest BCUT2D eigenvalue weighted by Gasteiger charge is 2.18. The van der Waals surface area contributed by atoms with Gasteiger partial charge in [0.2, 0.25) is 17.6 Å². The Morgan fingerprint density at radius 1 is 1.38 bits per heavy atom. The van der Waals surface area contributed by atoms with Crippen molar-refractivity contribution in [1.29, 1.82) is 0 Å². The van der Waals surface area contributed by atoms with Crippen LogP contribution in [0.25, 0.3) is 0 Å². The number of amidine groups is 1. The Hall–Kier alpha value is -2.94. The number of benzene rings is 1. The number of nitrogens with two attached hydrogens (primary N) is 1. The summed E-state index contributed by atoms with van der Waals surface area (Å²) in [5, 5.41) is 28.0. The number of hydrogen-bond donors (Lipinski definition) is 5. The number of sulfonamides is 1. The van der Waals surface area contributed by atoms with Gasteiger partial charge in [-0.25, -0.2) is 17.4 Å². The lowest BCUT2D eigenvalue weighted by molar-refractivity contribution is 0.305. The fraction of sp³-hybridized carbons (Fsp3) is 0.286. The lowest BCUT2D eigenvalue weighted by Gasteiger charge is -2.09. The van der Waals surface area contributed by atoms with Crippen molar-refractivity contribution >= 4 is 49.3 Å². The maximum absolute atomic E-state index is 13.3. The SMILES string of the molecule is CCS(=O)(=O)/N=C(\N)NCCNc1nonc1/C(=N/O)Nc1ccc(F)c(Br)c1. The molecular formula is C14H18BrFN8O4S. The molecule has 2 aromatic rings. The quantitative estimate of drug-likeness (QED) is 0.116. The number of anilines is 2. The number of nitrogens with zero attached hydrogens (tertiary/aromatic N) is 4. The zero-order chi connectivity index (χ0) is 21.4. The van der Waals surface area contributed by atoms with Gasteiger partial charge in [0, 0.05) is 18.8 Å². The number of halogens is 2. The summed E-state index contributed by atoms with van der Waals surface area (Å²) in [5.74, 6) is -0.818. The molecule has 2 rings (SSSR count). The van der Waals surface area contributed by atoms with E-state index in [1.54, 1.807) is 0 Å². The van der Waals surface area contributed by atoms with Gasteiger partial charge >= 0.3 is 0 Å².